The minimum absolute atomic E-state index is 0.393. The van der Waals surface area contributed by atoms with Crippen molar-refractivity contribution in [2.75, 3.05) is 20.8 Å². The third-order valence-corrected chi connectivity index (χ3v) is 4.82. The van der Waals surface area contributed by atoms with E-state index in [4.69, 9.17) is 13.9 Å². The van der Waals surface area contributed by atoms with Gasteiger partial charge in [-0.2, -0.15) is 0 Å². The monoisotopic (exact) mass is 366 g/mol. The lowest BCUT2D eigenvalue weighted by Crippen LogP contribution is -2.82. The molecule has 2 aromatic carbocycles. The van der Waals surface area contributed by atoms with Crippen LogP contribution in [0, 0.1) is 0 Å². The molecule has 0 spiro atoms. The summed E-state index contributed by atoms with van der Waals surface area (Å²) in [5.74, 6) is 3.00. The minimum Gasteiger partial charge on any atom is -0.493 e. The number of hydrogen-bond donors (Lipinski definition) is 1. The smallest absolute Gasteiger partial charge is 0.161 e. The Kier molecular flexibility index (Phi) is 6.94. The van der Waals surface area contributed by atoms with Gasteiger partial charge in [0, 0.05) is 17.9 Å². The predicted octanol–water partition coefficient (Wildman–Crippen LogP) is 3.78. The van der Waals surface area contributed by atoms with Crippen molar-refractivity contribution in [2.24, 2.45) is 0 Å². The van der Waals surface area contributed by atoms with E-state index in [1.807, 2.05) is 18.2 Å². The first kappa shape index (κ1) is 19.1. The van der Waals surface area contributed by atoms with Crippen molar-refractivity contribution in [2.45, 2.75) is 25.3 Å². The van der Waals surface area contributed by atoms with Gasteiger partial charge in [0.2, 0.25) is 0 Å². The molecule has 4 nitrogen and oxygen atoms in total. The molecule has 0 aliphatic heterocycles. The molecule has 1 atom stereocenters. The van der Waals surface area contributed by atoms with Crippen molar-refractivity contribution in [3.63, 3.8) is 0 Å². The second-order valence-electron chi connectivity index (χ2n) is 6.66. The number of benzene rings is 2. The molecule has 2 N–H and O–H groups in total. The van der Waals surface area contributed by atoms with Crippen LogP contribution in [0.5, 0.6) is 11.5 Å². The van der Waals surface area contributed by atoms with Gasteiger partial charge >= 0.3 is 0 Å². The molecule has 0 radical (unpaired) electrons. The van der Waals surface area contributed by atoms with Gasteiger partial charge in [-0.3, -0.25) is 0 Å². The summed E-state index contributed by atoms with van der Waals surface area (Å²) in [4.78, 5) is 0. The Hall–Kier alpha value is -2.72. The van der Waals surface area contributed by atoms with Crippen LogP contribution < -0.4 is 14.8 Å². The summed E-state index contributed by atoms with van der Waals surface area (Å²) in [5.41, 5.74) is 2.57. The number of quaternary nitrogens is 1. The van der Waals surface area contributed by atoms with E-state index < -0.39 is 0 Å². The van der Waals surface area contributed by atoms with Gasteiger partial charge in [0.05, 0.1) is 27.0 Å². The summed E-state index contributed by atoms with van der Waals surface area (Å²) >= 11 is 0. The number of ether oxygens (including phenoxy) is 2. The van der Waals surface area contributed by atoms with Crippen molar-refractivity contribution in [1.82, 2.24) is 0 Å². The van der Waals surface area contributed by atoms with E-state index in [1.165, 1.54) is 11.1 Å². The number of nitrogens with two attached hydrogens (primary N) is 1. The van der Waals surface area contributed by atoms with Crippen LogP contribution >= 0.6 is 0 Å². The lowest BCUT2D eigenvalue weighted by atomic mass is 9.94. The summed E-state index contributed by atoms with van der Waals surface area (Å²) in [6, 6.07) is 20.8. The number of methoxy groups -OCH3 is 2. The molecule has 1 aromatic heterocycles. The van der Waals surface area contributed by atoms with Crippen LogP contribution in [0.3, 0.4) is 0 Å². The lowest BCUT2D eigenvalue weighted by molar-refractivity contribution is -0.671. The summed E-state index contributed by atoms with van der Waals surface area (Å²) in [6.45, 7) is 1.95. The molecule has 3 rings (SSSR count). The molecule has 0 bridgehead atoms. The second kappa shape index (κ2) is 9.83. The van der Waals surface area contributed by atoms with Crippen molar-refractivity contribution in [1.29, 1.82) is 0 Å². The van der Waals surface area contributed by atoms with Crippen LogP contribution in [0.1, 0.15) is 29.2 Å². The summed E-state index contributed by atoms with van der Waals surface area (Å²) in [6.07, 6.45) is 3.83. The highest BCUT2D eigenvalue weighted by atomic mass is 16.5. The van der Waals surface area contributed by atoms with Gasteiger partial charge in [-0.1, -0.05) is 30.3 Å². The Morgan fingerprint density at radius 1 is 0.889 bits per heavy atom. The van der Waals surface area contributed by atoms with Crippen LogP contribution in [0.4, 0.5) is 0 Å². The minimum atomic E-state index is 0.393. The van der Waals surface area contributed by atoms with Gasteiger partial charge < -0.3 is 19.2 Å². The highest BCUT2D eigenvalue weighted by molar-refractivity contribution is 5.42. The van der Waals surface area contributed by atoms with E-state index in [2.05, 4.69) is 47.8 Å². The first-order valence-corrected chi connectivity index (χ1v) is 9.40. The largest absolute Gasteiger partial charge is 0.493 e. The third-order valence-electron chi connectivity index (χ3n) is 4.82. The van der Waals surface area contributed by atoms with E-state index in [9.17, 15) is 0 Å². The van der Waals surface area contributed by atoms with E-state index in [1.54, 1.807) is 20.5 Å². The van der Waals surface area contributed by atoms with Crippen LogP contribution in [-0.4, -0.2) is 20.8 Å². The van der Waals surface area contributed by atoms with Gasteiger partial charge in [0.25, 0.3) is 0 Å². The molecule has 0 aliphatic rings. The SMILES string of the molecule is COc1ccc(C[NH2+]CC[C@H](Cc2ccccc2)c2ccco2)cc1OC. The first-order valence-electron chi connectivity index (χ1n) is 9.40. The zero-order valence-corrected chi connectivity index (χ0v) is 16.1. The molecule has 27 heavy (non-hydrogen) atoms. The van der Waals surface area contributed by atoms with Gasteiger partial charge in [0.1, 0.15) is 12.3 Å². The highest BCUT2D eigenvalue weighted by Crippen LogP contribution is 2.27. The second-order valence-corrected chi connectivity index (χ2v) is 6.66. The molecular formula is C23H28NO3+. The standard InChI is InChI=1S/C23H27NO3/c1-25-22-11-10-19(16-23(22)26-2)17-24-13-12-20(21-9-6-14-27-21)15-18-7-4-3-5-8-18/h3-11,14,16,20,24H,12-13,15,17H2,1-2H3/p+1/t20-/m1/s1. The molecule has 0 saturated heterocycles. The molecule has 0 unspecified atom stereocenters. The van der Waals surface area contributed by atoms with E-state index in [-0.39, 0.29) is 0 Å². The Morgan fingerprint density at radius 3 is 2.41 bits per heavy atom. The Labute approximate surface area is 161 Å². The van der Waals surface area contributed by atoms with Gasteiger partial charge in [-0.05, 0) is 42.3 Å². The summed E-state index contributed by atoms with van der Waals surface area (Å²) in [7, 11) is 3.33. The van der Waals surface area contributed by atoms with Crippen molar-refractivity contribution >= 4 is 0 Å². The van der Waals surface area contributed by atoms with Crippen LogP contribution in [0.2, 0.25) is 0 Å². The summed E-state index contributed by atoms with van der Waals surface area (Å²) < 4.78 is 16.4. The van der Waals surface area contributed by atoms with Crippen LogP contribution in [-0.2, 0) is 13.0 Å². The maximum Gasteiger partial charge on any atom is 0.161 e. The number of rotatable bonds is 10. The fourth-order valence-corrected chi connectivity index (χ4v) is 3.36. The Balaban J connectivity index is 1.55. The van der Waals surface area contributed by atoms with E-state index >= 15 is 0 Å². The predicted molar refractivity (Wildman–Crippen MR) is 106 cm³/mol. The zero-order chi connectivity index (χ0) is 18.9. The molecular weight excluding hydrogens is 338 g/mol. The third kappa shape index (κ3) is 5.38. The normalized spacial score (nSPS) is 11.9. The van der Waals surface area contributed by atoms with Gasteiger partial charge in [-0.25, -0.2) is 0 Å². The fraction of sp³-hybridized carbons (Fsp3) is 0.304. The molecule has 0 aliphatic carbocycles. The Morgan fingerprint density at radius 2 is 1.70 bits per heavy atom. The molecule has 3 aromatic rings. The Bertz CT molecular complexity index is 800. The van der Waals surface area contributed by atoms with E-state index in [0.29, 0.717) is 5.92 Å². The van der Waals surface area contributed by atoms with Crippen molar-refractivity contribution in [3.05, 3.63) is 83.8 Å². The number of furan rings is 1. The summed E-state index contributed by atoms with van der Waals surface area (Å²) in [5, 5.41) is 2.34. The van der Waals surface area contributed by atoms with E-state index in [0.717, 1.165) is 43.2 Å². The highest BCUT2D eigenvalue weighted by Gasteiger charge is 2.16. The topological polar surface area (TPSA) is 48.2 Å². The average molecular weight is 366 g/mol. The lowest BCUT2D eigenvalue weighted by Gasteiger charge is -2.14. The fourth-order valence-electron chi connectivity index (χ4n) is 3.36. The van der Waals surface area contributed by atoms with Gasteiger partial charge in [0.15, 0.2) is 11.5 Å². The quantitative estimate of drug-likeness (QED) is 0.556. The molecule has 0 saturated carbocycles. The van der Waals surface area contributed by atoms with Crippen molar-refractivity contribution < 1.29 is 19.2 Å². The molecule has 0 fully saturated rings. The molecule has 1 heterocycles. The zero-order valence-electron chi connectivity index (χ0n) is 16.1. The maximum atomic E-state index is 5.69. The van der Waals surface area contributed by atoms with Crippen LogP contribution in [0.15, 0.2) is 71.3 Å². The van der Waals surface area contributed by atoms with Gasteiger partial charge in [-0.15, -0.1) is 0 Å². The molecule has 0 amide bonds. The first-order chi connectivity index (χ1) is 13.3. The number of hydrogen-bond acceptors (Lipinski definition) is 3. The molecule has 142 valence electrons. The van der Waals surface area contributed by atoms with Crippen LogP contribution in [0.25, 0.3) is 0 Å². The average Bonchev–Trinajstić information content (AvgIpc) is 3.25. The van der Waals surface area contributed by atoms with Crippen molar-refractivity contribution in [3.8, 4) is 11.5 Å². The maximum absolute atomic E-state index is 5.69. The molecule has 4 heteroatoms.